The third-order valence-corrected chi connectivity index (χ3v) is 3.78. The summed E-state index contributed by atoms with van der Waals surface area (Å²) in [5.74, 6) is -1.99. The number of rotatable bonds is 3. The lowest BCUT2D eigenvalue weighted by Gasteiger charge is -2.26. The predicted octanol–water partition coefficient (Wildman–Crippen LogP) is 2.01. The van der Waals surface area contributed by atoms with Gasteiger partial charge in [-0.3, -0.25) is 24.2 Å². The molecule has 2 N–H and O–H groups in total. The number of halogens is 1. The van der Waals surface area contributed by atoms with E-state index in [9.17, 15) is 18.8 Å². The van der Waals surface area contributed by atoms with Crippen LogP contribution in [0.15, 0.2) is 42.5 Å². The van der Waals surface area contributed by atoms with Crippen LogP contribution < -0.4 is 10.6 Å². The normalized spacial score (nSPS) is 13.2. The number of carbonyl (C=O) groups excluding carboxylic acids is 3. The highest BCUT2D eigenvalue weighted by Crippen LogP contribution is 2.26. The summed E-state index contributed by atoms with van der Waals surface area (Å²) in [5.41, 5.74) is 6.71. The van der Waals surface area contributed by atoms with Gasteiger partial charge in [-0.1, -0.05) is 6.07 Å². The van der Waals surface area contributed by atoms with Crippen molar-refractivity contribution in [2.75, 3.05) is 17.3 Å². The molecule has 0 saturated carbocycles. The van der Waals surface area contributed by atoms with Crippen LogP contribution in [-0.4, -0.2) is 29.3 Å². The second-order valence-corrected chi connectivity index (χ2v) is 5.41. The molecule has 0 aliphatic carbocycles. The summed E-state index contributed by atoms with van der Waals surface area (Å²) in [7, 11) is 0. The molecule has 24 heavy (non-hydrogen) atoms. The molecule has 0 unspecified atom stereocenters. The van der Waals surface area contributed by atoms with Gasteiger partial charge in [0.05, 0.1) is 11.1 Å². The Morgan fingerprint density at radius 3 is 2.50 bits per heavy atom. The molecule has 0 bridgehead atoms. The molecule has 0 saturated heterocycles. The molecule has 2 aromatic carbocycles. The van der Waals surface area contributed by atoms with E-state index >= 15 is 0 Å². The molecule has 6 nitrogen and oxygen atoms in total. The lowest BCUT2D eigenvalue weighted by Crippen LogP contribution is -2.43. The molecule has 3 amide bonds. The van der Waals surface area contributed by atoms with Crippen LogP contribution in [0.3, 0.4) is 0 Å². The molecule has 1 heterocycles. The summed E-state index contributed by atoms with van der Waals surface area (Å²) in [4.78, 5) is 38.9. The van der Waals surface area contributed by atoms with Crippen molar-refractivity contribution in [2.45, 2.75) is 6.92 Å². The number of nitrogens with zero attached hydrogens (tertiary/aromatic N) is 2. The largest absolute Gasteiger partial charge is 0.399 e. The van der Waals surface area contributed by atoms with E-state index in [1.807, 2.05) is 0 Å². The van der Waals surface area contributed by atoms with Crippen LogP contribution in [0.5, 0.6) is 0 Å². The summed E-state index contributed by atoms with van der Waals surface area (Å²) in [6.45, 7) is 0.978. The minimum atomic E-state index is -0.537. The predicted molar refractivity (Wildman–Crippen MR) is 85.8 cm³/mol. The number of carbonyl (C=O) groups is 3. The van der Waals surface area contributed by atoms with Gasteiger partial charge in [-0.25, -0.2) is 4.39 Å². The fourth-order valence-corrected chi connectivity index (χ4v) is 2.59. The van der Waals surface area contributed by atoms with Crippen LogP contribution >= 0.6 is 0 Å². The molecule has 1 aliphatic heterocycles. The van der Waals surface area contributed by atoms with E-state index < -0.39 is 23.5 Å². The number of nitrogen functional groups attached to an aromatic ring is 1. The molecule has 0 atom stereocenters. The zero-order valence-corrected chi connectivity index (χ0v) is 12.8. The van der Waals surface area contributed by atoms with E-state index in [4.69, 9.17) is 5.73 Å². The lowest BCUT2D eigenvalue weighted by molar-refractivity contribution is -0.116. The number of amides is 3. The fourth-order valence-electron chi connectivity index (χ4n) is 2.59. The first-order chi connectivity index (χ1) is 11.4. The Balaban J connectivity index is 1.93. The second kappa shape index (κ2) is 5.77. The highest BCUT2D eigenvalue weighted by Gasteiger charge is 2.37. The Morgan fingerprint density at radius 1 is 1.12 bits per heavy atom. The van der Waals surface area contributed by atoms with Crippen LogP contribution in [-0.2, 0) is 4.79 Å². The van der Waals surface area contributed by atoms with Gasteiger partial charge in [-0.05, 0) is 36.4 Å². The third kappa shape index (κ3) is 2.60. The van der Waals surface area contributed by atoms with Crippen LogP contribution in [0.1, 0.15) is 27.6 Å². The number of anilines is 2. The Kier molecular flexibility index (Phi) is 3.76. The molecule has 0 spiro atoms. The molecule has 0 radical (unpaired) electrons. The highest BCUT2D eigenvalue weighted by atomic mass is 19.1. The van der Waals surface area contributed by atoms with Crippen molar-refractivity contribution < 1.29 is 18.8 Å². The molecule has 0 fully saturated rings. The maximum atomic E-state index is 13.4. The molecule has 7 heteroatoms. The zero-order chi connectivity index (χ0) is 17.4. The van der Waals surface area contributed by atoms with E-state index in [0.717, 1.165) is 15.9 Å². The lowest BCUT2D eigenvalue weighted by atomic mass is 10.1. The van der Waals surface area contributed by atoms with E-state index in [1.165, 1.54) is 43.3 Å². The van der Waals surface area contributed by atoms with Crippen LogP contribution in [0.2, 0.25) is 0 Å². The van der Waals surface area contributed by atoms with Crippen molar-refractivity contribution in [1.82, 2.24) is 4.90 Å². The first-order valence-electron chi connectivity index (χ1n) is 7.18. The van der Waals surface area contributed by atoms with Gasteiger partial charge in [0, 0.05) is 18.3 Å². The Labute approximate surface area is 137 Å². The highest BCUT2D eigenvalue weighted by molar-refractivity contribution is 6.22. The van der Waals surface area contributed by atoms with Crippen molar-refractivity contribution in [3.8, 4) is 0 Å². The molecule has 2 aromatic rings. The SMILES string of the molecule is CC(=O)N(CN1C(=O)c2ccc(N)cc2C1=O)c1cccc(F)c1. The smallest absolute Gasteiger partial charge is 0.263 e. The van der Waals surface area contributed by atoms with Crippen molar-refractivity contribution in [1.29, 1.82) is 0 Å². The molecule has 0 aromatic heterocycles. The van der Waals surface area contributed by atoms with Gasteiger partial charge in [-0.2, -0.15) is 0 Å². The number of fused-ring (bicyclic) bond motifs is 1. The van der Waals surface area contributed by atoms with Crippen LogP contribution in [0.25, 0.3) is 0 Å². The van der Waals surface area contributed by atoms with Crippen LogP contribution in [0, 0.1) is 5.82 Å². The Hall–Kier alpha value is -3.22. The van der Waals surface area contributed by atoms with Gasteiger partial charge >= 0.3 is 0 Å². The van der Waals surface area contributed by atoms with Crippen LogP contribution in [0.4, 0.5) is 15.8 Å². The topological polar surface area (TPSA) is 83.7 Å². The minimum Gasteiger partial charge on any atom is -0.399 e. The van der Waals surface area contributed by atoms with Gasteiger partial charge in [0.15, 0.2) is 0 Å². The fraction of sp³-hybridized carbons (Fsp3) is 0.118. The average molecular weight is 327 g/mol. The first kappa shape index (κ1) is 15.7. The number of hydrogen-bond donors (Lipinski definition) is 1. The second-order valence-electron chi connectivity index (χ2n) is 5.41. The maximum absolute atomic E-state index is 13.4. The zero-order valence-electron chi connectivity index (χ0n) is 12.8. The molecular weight excluding hydrogens is 313 g/mol. The van der Waals surface area contributed by atoms with Gasteiger partial charge in [0.1, 0.15) is 12.5 Å². The first-order valence-corrected chi connectivity index (χ1v) is 7.18. The molecule has 3 rings (SSSR count). The number of nitrogens with two attached hydrogens (primary N) is 1. The summed E-state index contributed by atoms with van der Waals surface area (Å²) < 4.78 is 13.4. The summed E-state index contributed by atoms with van der Waals surface area (Å²) in [6, 6.07) is 9.82. The molecule has 1 aliphatic rings. The van der Waals surface area contributed by atoms with E-state index in [2.05, 4.69) is 0 Å². The Bertz CT molecular complexity index is 866. The van der Waals surface area contributed by atoms with Crippen molar-refractivity contribution in [2.24, 2.45) is 0 Å². The van der Waals surface area contributed by atoms with Crippen molar-refractivity contribution >= 4 is 29.1 Å². The van der Waals surface area contributed by atoms with Crippen molar-refractivity contribution in [3.63, 3.8) is 0 Å². The summed E-state index contributed by atoms with van der Waals surface area (Å²) in [5, 5.41) is 0. The summed E-state index contributed by atoms with van der Waals surface area (Å²) in [6.07, 6.45) is 0. The Morgan fingerprint density at radius 2 is 1.83 bits per heavy atom. The van der Waals surface area contributed by atoms with Gasteiger partial charge in [0.25, 0.3) is 11.8 Å². The van der Waals surface area contributed by atoms with E-state index in [0.29, 0.717) is 5.69 Å². The molecular formula is C17H14FN3O3. The number of benzene rings is 2. The van der Waals surface area contributed by atoms with Gasteiger partial charge < -0.3 is 5.73 Å². The minimum absolute atomic E-state index is 0.197. The molecule has 122 valence electrons. The monoisotopic (exact) mass is 327 g/mol. The third-order valence-electron chi connectivity index (χ3n) is 3.78. The quantitative estimate of drug-likeness (QED) is 0.690. The average Bonchev–Trinajstić information content (AvgIpc) is 2.76. The van der Waals surface area contributed by atoms with Gasteiger partial charge in [0.2, 0.25) is 5.91 Å². The maximum Gasteiger partial charge on any atom is 0.263 e. The van der Waals surface area contributed by atoms with Gasteiger partial charge in [-0.15, -0.1) is 0 Å². The van der Waals surface area contributed by atoms with E-state index in [-0.39, 0.29) is 23.5 Å². The number of imide groups is 1. The number of hydrogen-bond acceptors (Lipinski definition) is 4. The van der Waals surface area contributed by atoms with E-state index in [1.54, 1.807) is 0 Å². The van der Waals surface area contributed by atoms with Crippen molar-refractivity contribution in [3.05, 3.63) is 59.4 Å². The summed E-state index contributed by atoms with van der Waals surface area (Å²) >= 11 is 0. The standard InChI is InChI=1S/C17H14FN3O3/c1-10(22)20(13-4-2-3-11(18)7-13)9-21-16(23)14-6-5-12(19)8-15(14)17(21)24/h2-8H,9,19H2,1H3.